The van der Waals surface area contributed by atoms with E-state index in [-0.39, 0.29) is 37.6 Å². The number of thioether (sulfide) groups is 1. The van der Waals surface area contributed by atoms with Crippen LogP contribution in [0.15, 0.2) is 5.16 Å². The molecule has 2 aromatic rings. The lowest BCUT2D eigenvalue weighted by Crippen LogP contribution is -2.31. The number of halogens is 1. The van der Waals surface area contributed by atoms with Crippen LogP contribution >= 0.6 is 23.4 Å². The summed E-state index contributed by atoms with van der Waals surface area (Å²) in [6.45, 7) is 6.06. The second-order valence-corrected chi connectivity index (χ2v) is 8.77. The smallest absolute Gasteiger partial charge is 0.191 e. The average Bonchev–Trinajstić information content (AvgIpc) is 3.29. The second kappa shape index (κ2) is 8.00. The zero-order valence-electron chi connectivity index (χ0n) is 16.0. The normalized spacial score (nSPS) is 28.9. The van der Waals surface area contributed by atoms with E-state index in [1.54, 1.807) is 16.4 Å². The van der Waals surface area contributed by atoms with Crippen molar-refractivity contribution in [2.24, 2.45) is 0 Å². The van der Waals surface area contributed by atoms with Crippen molar-refractivity contribution in [3.05, 3.63) is 5.15 Å². The van der Waals surface area contributed by atoms with Crippen molar-refractivity contribution < 1.29 is 19.3 Å². The fourth-order valence-corrected chi connectivity index (χ4v) is 4.72. The summed E-state index contributed by atoms with van der Waals surface area (Å²) in [4.78, 5) is 8.96. The molecule has 2 fully saturated rings. The molecule has 0 spiro atoms. The Morgan fingerprint density at radius 1 is 1.32 bits per heavy atom. The summed E-state index contributed by atoms with van der Waals surface area (Å²) in [6.07, 6.45) is 0.899. The Hall–Kier alpha value is -1.04. The van der Waals surface area contributed by atoms with Crippen molar-refractivity contribution in [2.75, 3.05) is 19.0 Å². The first-order chi connectivity index (χ1) is 13.4. The van der Waals surface area contributed by atoms with Crippen LogP contribution < -0.4 is 0 Å². The maximum absolute atomic E-state index is 9.13. The first-order valence-electron chi connectivity index (χ1n) is 9.43. The van der Waals surface area contributed by atoms with Crippen LogP contribution in [0.2, 0.25) is 5.15 Å². The molecule has 9 nitrogen and oxygen atoms in total. The molecule has 11 heteroatoms. The number of hydrogen-bond donors (Lipinski definition) is 1. The van der Waals surface area contributed by atoms with E-state index >= 15 is 0 Å². The monoisotopic (exact) mass is 429 g/mol. The Morgan fingerprint density at radius 3 is 2.86 bits per heavy atom. The Kier molecular flexibility index (Phi) is 5.78. The molecule has 1 aliphatic heterocycles. The maximum Gasteiger partial charge on any atom is 0.191 e. The first kappa shape index (κ1) is 20.2. The van der Waals surface area contributed by atoms with E-state index in [1.807, 2.05) is 13.8 Å². The minimum absolute atomic E-state index is 0.0457. The minimum atomic E-state index is -0.722. The third-order valence-corrected chi connectivity index (χ3v) is 6.13. The minimum Gasteiger partial charge on any atom is -0.394 e. The molecule has 0 radical (unpaired) electrons. The van der Waals surface area contributed by atoms with Gasteiger partial charge in [0.1, 0.15) is 12.2 Å². The highest BCUT2D eigenvalue weighted by Crippen LogP contribution is 2.45. The molecule has 1 aliphatic carbocycles. The van der Waals surface area contributed by atoms with E-state index in [2.05, 4.69) is 27.2 Å². The van der Waals surface area contributed by atoms with Crippen LogP contribution in [0.25, 0.3) is 11.2 Å². The van der Waals surface area contributed by atoms with Gasteiger partial charge in [0.2, 0.25) is 0 Å². The molecule has 0 unspecified atom stereocenters. The largest absolute Gasteiger partial charge is 0.394 e. The van der Waals surface area contributed by atoms with Crippen molar-refractivity contribution >= 4 is 34.5 Å². The molecule has 154 valence electrons. The van der Waals surface area contributed by atoms with Crippen LogP contribution in [0.5, 0.6) is 0 Å². The van der Waals surface area contributed by atoms with E-state index in [0.717, 1.165) is 12.2 Å². The Morgan fingerprint density at radius 2 is 2.11 bits per heavy atom. The number of ether oxygens (including phenoxy) is 3. The second-order valence-electron chi connectivity index (χ2n) is 7.35. The molecule has 1 saturated carbocycles. The number of rotatable bonds is 7. The van der Waals surface area contributed by atoms with Gasteiger partial charge in [-0.1, -0.05) is 35.5 Å². The molecule has 0 amide bonds. The van der Waals surface area contributed by atoms with Gasteiger partial charge in [-0.2, -0.15) is 0 Å². The Labute approximate surface area is 172 Å². The van der Waals surface area contributed by atoms with Crippen LogP contribution in [-0.2, 0) is 14.2 Å². The van der Waals surface area contributed by atoms with Crippen molar-refractivity contribution in [3.63, 3.8) is 0 Å². The van der Waals surface area contributed by atoms with E-state index in [9.17, 15) is 0 Å². The van der Waals surface area contributed by atoms with E-state index in [1.165, 1.54) is 0 Å². The predicted molar refractivity (Wildman–Crippen MR) is 103 cm³/mol. The summed E-state index contributed by atoms with van der Waals surface area (Å²) in [6, 6.07) is -0.171. The van der Waals surface area contributed by atoms with E-state index in [0.29, 0.717) is 27.9 Å². The lowest BCUT2D eigenvalue weighted by atomic mass is 10.2. The van der Waals surface area contributed by atoms with Crippen molar-refractivity contribution in [2.45, 2.75) is 68.9 Å². The third-order valence-electron chi connectivity index (χ3n) is 4.82. The van der Waals surface area contributed by atoms with Crippen LogP contribution in [-0.4, -0.2) is 73.1 Å². The van der Waals surface area contributed by atoms with Gasteiger partial charge >= 0.3 is 0 Å². The molecule has 0 bridgehead atoms. The standard InChI is InChI=1S/C17H24ClN5O4S/c1-4-7-28-16-19-14(18)11-15(20-16)23(22-21-11)9-8-10(25-6-5-24)13-12(9)26-17(2,3)27-13/h9-10,12-13,24H,4-8H2,1-3H3/t9-,10+,12-,13+/m1/s1. The van der Waals surface area contributed by atoms with Gasteiger partial charge in [-0.25, -0.2) is 14.6 Å². The van der Waals surface area contributed by atoms with Crippen LogP contribution in [0.4, 0.5) is 0 Å². The number of aliphatic hydroxyl groups is 1. The fraction of sp³-hybridized carbons (Fsp3) is 0.765. The number of hydrogen-bond acceptors (Lipinski definition) is 9. The van der Waals surface area contributed by atoms with Crippen LogP contribution in [0, 0.1) is 0 Å². The maximum atomic E-state index is 9.13. The van der Waals surface area contributed by atoms with Crippen molar-refractivity contribution in [3.8, 4) is 0 Å². The number of nitrogens with zero attached hydrogens (tertiary/aromatic N) is 5. The predicted octanol–water partition coefficient (Wildman–Crippen LogP) is 2.22. The van der Waals surface area contributed by atoms with E-state index in [4.69, 9.17) is 30.9 Å². The highest BCUT2D eigenvalue weighted by molar-refractivity contribution is 7.99. The molecule has 0 aromatic carbocycles. The van der Waals surface area contributed by atoms with Gasteiger partial charge in [0.25, 0.3) is 0 Å². The molecule has 1 saturated heterocycles. The molecule has 2 aromatic heterocycles. The molecule has 4 atom stereocenters. The molecular weight excluding hydrogens is 406 g/mol. The number of aliphatic hydroxyl groups excluding tert-OH is 1. The molecule has 3 heterocycles. The van der Waals surface area contributed by atoms with Crippen molar-refractivity contribution in [1.29, 1.82) is 0 Å². The van der Waals surface area contributed by atoms with Gasteiger partial charge in [0, 0.05) is 12.2 Å². The topological polar surface area (TPSA) is 104 Å². The number of fused-ring (bicyclic) bond motifs is 2. The summed E-state index contributed by atoms with van der Waals surface area (Å²) >= 11 is 7.88. The Bertz CT molecular complexity index is 850. The highest BCUT2D eigenvalue weighted by atomic mass is 35.5. The zero-order valence-corrected chi connectivity index (χ0v) is 17.6. The summed E-state index contributed by atoms with van der Waals surface area (Å²) < 4.78 is 19.8. The summed E-state index contributed by atoms with van der Waals surface area (Å²) in [7, 11) is 0. The van der Waals surface area contributed by atoms with Gasteiger partial charge in [0.15, 0.2) is 27.3 Å². The number of aromatic nitrogens is 5. The Balaban J connectivity index is 1.69. The quantitative estimate of drug-likeness (QED) is 0.403. The van der Waals surface area contributed by atoms with Gasteiger partial charge in [-0.3, -0.25) is 0 Å². The van der Waals surface area contributed by atoms with Gasteiger partial charge in [-0.05, 0) is 20.3 Å². The zero-order chi connectivity index (χ0) is 19.9. The third kappa shape index (κ3) is 3.73. The van der Waals surface area contributed by atoms with E-state index < -0.39 is 5.79 Å². The fourth-order valence-electron chi connectivity index (χ4n) is 3.77. The lowest BCUT2D eigenvalue weighted by Gasteiger charge is -2.23. The van der Waals surface area contributed by atoms with Gasteiger partial charge < -0.3 is 19.3 Å². The molecule has 4 rings (SSSR count). The van der Waals surface area contributed by atoms with Gasteiger partial charge in [-0.15, -0.1) is 5.10 Å². The van der Waals surface area contributed by atoms with Crippen LogP contribution in [0.3, 0.4) is 0 Å². The lowest BCUT2D eigenvalue weighted by molar-refractivity contribution is -0.171. The SMILES string of the molecule is CCCSc1nc(Cl)c2nnn([C@@H]3C[C@H](OCCO)[C@@H]4OC(C)(C)O[C@@H]43)c2n1. The summed E-state index contributed by atoms with van der Waals surface area (Å²) in [5.41, 5.74) is 1.05. The first-order valence-corrected chi connectivity index (χ1v) is 10.8. The molecule has 1 N–H and O–H groups in total. The molecular formula is C17H24ClN5O4S. The summed E-state index contributed by atoms with van der Waals surface area (Å²) in [5.74, 6) is 0.180. The highest BCUT2D eigenvalue weighted by Gasteiger charge is 2.56. The molecule has 28 heavy (non-hydrogen) atoms. The average molecular weight is 430 g/mol. The van der Waals surface area contributed by atoms with Gasteiger partial charge in [0.05, 0.1) is 25.4 Å². The summed E-state index contributed by atoms with van der Waals surface area (Å²) in [5, 5.41) is 18.5. The van der Waals surface area contributed by atoms with Crippen LogP contribution in [0.1, 0.15) is 39.7 Å². The molecule has 2 aliphatic rings. The van der Waals surface area contributed by atoms with Crippen molar-refractivity contribution in [1.82, 2.24) is 25.0 Å².